The number of carboxylic acids is 1. The number of halogens is 3. The fourth-order valence-electron chi connectivity index (χ4n) is 1.73. The third kappa shape index (κ3) is 3.57. The van der Waals surface area contributed by atoms with Crippen LogP contribution >= 0.6 is 34.8 Å². The molecule has 0 heterocycles. The van der Waals surface area contributed by atoms with E-state index in [9.17, 15) is 4.79 Å². The largest absolute Gasteiger partial charge is 0.481 e. The standard InChI is InChI=1S/C14H10Cl3NO2/c15-9-5-4-8(6-13(19)20)12(7-9)18-14-10(16)2-1-3-11(14)17/h1-5,7,18H,6H2,(H,19,20). The molecule has 20 heavy (non-hydrogen) atoms. The maximum Gasteiger partial charge on any atom is 0.307 e. The summed E-state index contributed by atoms with van der Waals surface area (Å²) in [7, 11) is 0. The third-order valence-electron chi connectivity index (χ3n) is 2.64. The number of para-hydroxylation sites is 1. The van der Waals surface area contributed by atoms with Gasteiger partial charge in [0.1, 0.15) is 0 Å². The van der Waals surface area contributed by atoms with Gasteiger partial charge in [0.2, 0.25) is 0 Å². The first-order chi connectivity index (χ1) is 9.47. The summed E-state index contributed by atoms with van der Waals surface area (Å²) in [5, 5.41) is 13.3. The van der Waals surface area contributed by atoms with E-state index in [-0.39, 0.29) is 6.42 Å². The molecule has 0 saturated heterocycles. The number of carbonyl (C=O) groups is 1. The molecular formula is C14H10Cl3NO2. The average molecular weight is 331 g/mol. The van der Waals surface area contributed by atoms with Gasteiger partial charge in [-0.15, -0.1) is 0 Å². The van der Waals surface area contributed by atoms with Gasteiger partial charge in [0.15, 0.2) is 0 Å². The van der Waals surface area contributed by atoms with Crippen molar-refractivity contribution in [1.29, 1.82) is 0 Å². The molecule has 0 radical (unpaired) electrons. The highest BCUT2D eigenvalue weighted by atomic mass is 35.5. The van der Waals surface area contributed by atoms with E-state index in [4.69, 9.17) is 39.9 Å². The van der Waals surface area contributed by atoms with Crippen LogP contribution in [0.2, 0.25) is 15.1 Å². The zero-order valence-electron chi connectivity index (χ0n) is 10.2. The molecule has 104 valence electrons. The summed E-state index contributed by atoms with van der Waals surface area (Å²) < 4.78 is 0. The molecule has 0 aliphatic carbocycles. The third-order valence-corrected chi connectivity index (χ3v) is 3.50. The van der Waals surface area contributed by atoms with Crippen LogP contribution in [0.15, 0.2) is 36.4 Å². The molecule has 0 aromatic heterocycles. The molecule has 2 rings (SSSR count). The Morgan fingerprint density at radius 1 is 1.10 bits per heavy atom. The summed E-state index contributed by atoms with van der Waals surface area (Å²) in [5.41, 5.74) is 1.68. The van der Waals surface area contributed by atoms with Gasteiger partial charge in [0.25, 0.3) is 0 Å². The monoisotopic (exact) mass is 329 g/mol. The Morgan fingerprint density at radius 2 is 1.75 bits per heavy atom. The number of anilines is 2. The van der Waals surface area contributed by atoms with Crippen LogP contribution in [-0.2, 0) is 11.2 Å². The fraction of sp³-hybridized carbons (Fsp3) is 0.0714. The lowest BCUT2D eigenvalue weighted by molar-refractivity contribution is -0.136. The van der Waals surface area contributed by atoms with E-state index in [0.29, 0.717) is 32.0 Å². The molecule has 3 nitrogen and oxygen atoms in total. The van der Waals surface area contributed by atoms with Gasteiger partial charge in [-0.1, -0.05) is 46.9 Å². The van der Waals surface area contributed by atoms with E-state index >= 15 is 0 Å². The summed E-state index contributed by atoms with van der Waals surface area (Å²) >= 11 is 18.1. The van der Waals surface area contributed by atoms with Crippen molar-refractivity contribution in [2.45, 2.75) is 6.42 Å². The molecule has 0 aliphatic rings. The SMILES string of the molecule is O=C(O)Cc1ccc(Cl)cc1Nc1c(Cl)cccc1Cl. The Hall–Kier alpha value is -1.42. The van der Waals surface area contributed by atoms with Crippen molar-refractivity contribution in [2.24, 2.45) is 0 Å². The van der Waals surface area contributed by atoms with E-state index < -0.39 is 5.97 Å². The van der Waals surface area contributed by atoms with Crippen LogP contribution in [0.1, 0.15) is 5.56 Å². The van der Waals surface area contributed by atoms with Gasteiger partial charge < -0.3 is 10.4 Å². The fourth-order valence-corrected chi connectivity index (χ4v) is 2.40. The van der Waals surface area contributed by atoms with Crippen LogP contribution in [0, 0.1) is 0 Å². The number of rotatable bonds is 4. The molecule has 0 spiro atoms. The van der Waals surface area contributed by atoms with Gasteiger partial charge in [-0.3, -0.25) is 4.79 Å². The maximum absolute atomic E-state index is 10.9. The lowest BCUT2D eigenvalue weighted by Crippen LogP contribution is -2.04. The zero-order chi connectivity index (χ0) is 14.7. The Balaban J connectivity index is 2.42. The van der Waals surface area contributed by atoms with Crippen molar-refractivity contribution in [3.05, 3.63) is 57.0 Å². The molecular weight excluding hydrogens is 321 g/mol. The lowest BCUT2D eigenvalue weighted by Gasteiger charge is -2.14. The van der Waals surface area contributed by atoms with Gasteiger partial charge in [-0.2, -0.15) is 0 Å². The quantitative estimate of drug-likeness (QED) is 0.827. The number of aliphatic carboxylic acids is 1. The van der Waals surface area contributed by atoms with Crippen LogP contribution in [0.5, 0.6) is 0 Å². The van der Waals surface area contributed by atoms with Crippen LogP contribution in [0.3, 0.4) is 0 Å². The van der Waals surface area contributed by atoms with Gasteiger partial charge in [0.05, 0.1) is 22.2 Å². The molecule has 2 aromatic rings. The zero-order valence-corrected chi connectivity index (χ0v) is 12.4. The number of hydrogen-bond donors (Lipinski definition) is 2. The van der Waals surface area contributed by atoms with E-state index in [1.165, 1.54) is 0 Å². The number of carboxylic acid groups (broad SMARTS) is 1. The Bertz CT molecular complexity index is 639. The molecule has 0 amide bonds. The van der Waals surface area contributed by atoms with E-state index in [0.717, 1.165) is 0 Å². The minimum atomic E-state index is -0.930. The molecule has 0 unspecified atom stereocenters. The van der Waals surface area contributed by atoms with Crippen LogP contribution in [0.4, 0.5) is 11.4 Å². The Labute approximate surface area is 131 Å². The van der Waals surface area contributed by atoms with Gasteiger partial charge in [-0.05, 0) is 29.8 Å². The first-order valence-corrected chi connectivity index (χ1v) is 6.82. The molecule has 0 atom stereocenters. The molecule has 0 fully saturated rings. The summed E-state index contributed by atoms with van der Waals surface area (Å²) in [6.07, 6.45) is -0.123. The first kappa shape index (κ1) is 15.0. The first-order valence-electron chi connectivity index (χ1n) is 5.68. The highest BCUT2D eigenvalue weighted by molar-refractivity contribution is 6.39. The highest BCUT2D eigenvalue weighted by Gasteiger charge is 2.11. The topological polar surface area (TPSA) is 49.3 Å². The normalized spacial score (nSPS) is 10.3. The van der Waals surface area contributed by atoms with E-state index in [1.54, 1.807) is 36.4 Å². The maximum atomic E-state index is 10.9. The molecule has 2 aromatic carbocycles. The average Bonchev–Trinajstić information content (AvgIpc) is 2.36. The van der Waals surface area contributed by atoms with Gasteiger partial charge >= 0.3 is 5.97 Å². The van der Waals surface area contributed by atoms with E-state index in [2.05, 4.69) is 5.32 Å². The molecule has 0 bridgehead atoms. The van der Waals surface area contributed by atoms with Crippen LogP contribution < -0.4 is 5.32 Å². The molecule has 2 N–H and O–H groups in total. The van der Waals surface area contributed by atoms with Crippen molar-refractivity contribution in [2.75, 3.05) is 5.32 Å². The van der Waals surface area contributed by atoms with Gasteiger partial charge in [-0.25, -0.2) is 0 Å². The van der Waals surface area contributed by atoms with Gasteiger partial charge in [0, 0.05) is 10.7 Å². The summed E-state index contributed by atoms with van der Waals surface area (Å²) in [6, 6.07) is 10.0. The molecule has 6 heteroatoms. The summed E-state index contributed by atoms with van der Waals surface area (Å²) in [6.45, 7) is 0. The Kier molecular flexibility index (Phi) is 4.76. The van der Waals surface area contributed by atoms with E-state index in [1.807, 2.05) is 0 Å². The lowest BCUT2D eigenvalue weighted by atomic mass is 10.1. The molecule has 0 aliphatic heterocycles. The highest BCUT2D eigenvalue weighted by Crippen LogP contribution is 2.34. The molecule has 0 saturated carbocycles. The van der Waals surface area contributed by atoms with Crippen molar-refractivity contribution in [3.63, 3.8) is 0 Å². The second-order valence-corrected chi connectivity index (χ2v) is 5.34. The van der Waals surface area contributed by atoms with Crippen LogP contribution in [-0.4, -0.2) is 11.1 Å². The second-order valence-electron chi connectivity index (χ2n) is 4.09. The minimum Gasteiger partial charge on any atom is -0.481 e. The predicted molar refractivity (Wildman–Crippen MR) is 82.5 cm³/mol. The summed E-state index contributed by atoms with van der Waals surface area (Å²) in [4.78, 5) is 10.9. The van der Waals surface area contributed by atoms with Crippen molar-refractivity contribution in [3.8, 4) is 0 Å². The second kappa shape index (κ2) is 6.35. The predicted octanol–water partition coefficient (Wildman–Crippen LogP) is 5.02. The Morgan fingerprint density at radius 3 is 2.35 bits per heavy atom. The van der Waals surface area contributed by atoms with Crippen LogP contribution in [0.25, 0.3) is 0 Å². The van der Waals surface area contributed by atoms with Crippen molar-refractivity contribution in [1.82, 2.24) is 0 Å². The number of benzene rings is 2. The number of nitrogens with one attached hydrogen (secondary N) is 1. The van der Waals surface area contributed by atoms with Crippen molar-refractivity contribution >= 4 is 52.1 Å². The summed E-state index contributed by atoms with van der Waals surface area (Å²) in [5.74, 6) is -0.930. The minimum absolute atomic E-state index is 0.123. The number of hydrogen-bond acceptors (Lipinski definition) is 2. The van der Waals surface area contributed by atoms with Crippen molar-refractivity contribution < 1.29 is 9.90 Å². The smallest absolute Gasteiger partial charge is 0.307 e.